The standard InChI is InChI=1S/C32H44O/c1-3-5-7-9-11-13-15-27-16-18-28(19-17-27)29-20-21-31-26-32(23-22-30(31)25-29)33-24-14-12-10-8-6-4-2/h16-23,25-26H,3-15,24H2,1-2H3. The van der Waals surface area contributed by atoms with Crippen LogP contribution in [0.3, 0.4) is 0 Å². The minimum atomic E-state index is 0.820. The van der Waals surface area contributed by atoms with E-state index in [4.69, 9.17) is 4.74 Å². The van der Waals surface area contributed by atoms with Crippen molar-refractivity contribution in [3.05, 3.63) is 66.2 Å². The van der Waals surface area contributed by atoms with E-state index in [1.807, 2.05) is 0 Å². The maximum Gasteiger partial charge on any atom is 0.119 e. The number of rotatable bonds is 16. The maximum atomic E-state index is 6.01. The molecule has 0 bridgehead atoms. The first-order valence-electron chi connectivity index (χ1n) is 13.6. The second kappa shape index (κ2) is 14.8. The van der Waals surface area contributed by atoms with Gasteiger partial charge < -0.3 is 4.74 Å². The molecule has 0 saturated carbocycles. The van der Waals surface area contributed by atoms with Crippen LogP contribution in [0.2, 0.25) is 0 Å². The fraction of sp³-hybridized carbons (Fsp3) is 0.500. The summed E-state index contributed by atoms with van der Waals surface area (Å²) in [5.41, 5.74) is 4.04. The summed E-state index contributed by atoms with van der Waals surface area (Å²) in [5, 5.41) is 2.52. The lowest BCUT2D eigenvalue weighted by molar-refractivity contribution is 0.305. The van der Waals surface area contributed by atoms with Gasteiger partial charge >= 0.3 is 0 Å². The Morgan fingerprint density at radius 1 is 0.515 bits per heavy atom. The molecule has 0 unspecified atom stereocenters. The highest BCUT2D eigenvalue weighted by Gasteiger charge is 2.03. The fourth-order valence-corrected chi connectivity index (χ4v) is 4.54. The molecular formula is C32H44O. The highest BCUT2D eigenvalue weighted by atomic mass is 16.5. The van der Waals surface area contributed by atoms with Gasteiger partial charge in [0.05, 0.1) is 6.61 Å². The molecule has 3 aromatic rings. The smallest absolute Gasteiger partial charge is 0.119 e. The van der Waals surface area contributed by atoms with E-state index in [0.717, 1.165) is 18.8 Å². The highest BCUT2D eigenvalue weighted by molar-refractivity contribution is 5.88. The van der Waals surface area contributed by atoms with Gasteiger partial charge in [0.15, 0.2) is 0 Å². The lowest BCUT2D eigenvalue weighted by Crippen LogP contribution is -1.97. The van der Waals surface area contributed by atoms with Gasteiger partial charge in [-0.05, 0) is 64.9 Å². The first-order valence-corrected chi connectivity index (χ1v) is 13.6. The van der Waals surface area contributed by atoms with E-state index >= 15 is 0 Å². The van der Waals surface area contributed by atoms with E-state index in [9.17, 15) is 0 Å². The SMILES string of the molecule is CCCCCCCCOc1ccc2cc(-c3ccc(CCCCCCCC)cc3)ccc2c1. The summed E-state index contributed by atoms with van der Waals surface area (Å²) in [6, 6.07) is 22.5. The first-order chi connectivity index (χ1) is 16.3. The van der Waals surface area contributed by atoms with E-state index in [0.29, 0.717) is 0 Å². The van der Waals surface area contributed by atoms with Crippen molar-refractivity contribution < 1.29 is 4.74 Å². The molecule has 3 rings (SSSR count). The van der Waals surface area contributed by atoms with E-state index in [1.54, 1.807) is 0 Å². The third-order valence-electron chi connectivity index (χ3n) is 6.68. The largest absolute Gasteiger partial charge is 0.494 e. The average molecular weight is 445 g/mol. The summed E-state index contributed by atoms with van der Waals surface area (Å²) < 4.78 is 6.01. The normalized spacial score (nSPS) is 11.2. The molecule has 0 saturated heterocycles. The van der Waals surface area contributed by atoms with E-state index in [2.05, 4.69) is 74.5 Å². The van der Waals surface area contributed by atoms with Crippen molar-refractivity contribution in [2.45, 2.75) is 97.3 Å². The highest BCUT2D eigenvalue weighted by Crippen LogP contribution is 2.28. The summed E-state index contributed by atoms with van der Waals surface area (Å²) in [4.78, 5) is 0. The molecule has 0 aliphatic rings. The second-order valence-corrected chi connectivity index (χ2v) is 9.55. The third kappa shape index (κ3) is 8.88. The van der Waals surface area contributed by atoms with E-state index in [1.165, 1.54) is 105 Å². The third-order valence-corrected chi connectivity index (χ3v) is 6.68. The minimum absolute atomic E-state index is 0.820. The fourth-order valence-electron chi connectivity index (χ4n) is 4.54. The Labute approximate surface area is 202 Å². The van der Waals surface area contributed by atoms with Crippen LogP contribution in [0.4, 0.5) is 0 Å². The van der Waals surface area contributed by atoms with Gasteiger partial charge in [-0.3, -0.25) is 0 Å². The zero-order chi connectivity index (χ0) is 23.1. The van der Waals surface area contributed by atoms with Crippen LogP contribution in [0.25, 0.3) is 21.9 Å². The van der Waals surface area contributed by atoms with Crippen molar-refractivity contribution in [2.24, 2.45) is 0 Å². The molecular weight excluding hydrogens is 400 g/mol. The molecule has 0 atom stereocenters. The average Bonchev–Trinajstić information content (AvgIpc) is 2.85. The molecule has 0 amide bonds. The van der Waals surface area contributed by atoms with Crippen molar-refractivity contribution >= 4 is 10.8 Å². The maximum absolute atomic E-state index is 6.01. The van der Waals surface area contributed by atoms with Crippen molar-refractivity contribution in [3.63, 3.8) is 0 Å². The van der Waals surface area contributed by atoms with Crippen LogP contribution in [-0.2, 0) is 6.42 Å². The van der Waals surface area contributed by atoms with Gasteiger partial charge in [0, 0.05) is 0 Å². The van der Waals surface area contributed by atoms with Gasteiger partial charge in [-0.25, -0.2) is 0 Å². The van der Waals surface area contributed by atoms with Crippen LogP contribution in [0.5, 0.6) is 5.75 Å². The molecule has 0 aromatic heterocycles. The molecule has 1 heteroatoms. The lowest BCUT2D eigenvalue weighted by atomic mass is 9.98. The topological polar surface area (TPSA) is 9.23 Å². The molecule has 3 aromatic carbocycles. The van der Waals surface area contributed by atoms with Gasteiger partial charge in [0.25, 0.3) is 0 Å². The first kappa shape index (κ1) is 25.3. The van der Waals surface area contributed by atoms with Gasteiger partial charge in [-0.2, -0.15) is 0 Å². The van der Waals surface area contributed by atoms with Crippen LogP contribution in [0, 0.1) is 0 Å². The van der Waals surface area contributed by atoms with Gasteiger partial charge in [0.1, 0.15) is 5.75 Å². The summed E-state index contributed by atoms with van der Waals surface area (Å²) in [7, 11) is 0. The minimum Gasteiger partial charge on any atom is -0.494 e. The quantitative estimate of drug-likeness (QED) is 0.200. The monoisotopic (exact) mass is 444 g/mol. The predicted molar refractivity (Wildman–Crippen MR) is 145 cm³/mol. The number of benzene rings is 3. The van der Waals surface area contributed by atoms with Crippen LogP contribution < -0.4 is 4.74 Å². The van der Waals surface area contributed by atoms with E-state index in [-0.39, 0.29) is 0 Å². The predicted octanol–water partition coefficient (Wildman–Crippen LogP) is 10.1. The molecule has 178 valence electrons. The number of ether oxygens (including phenoxy) is 1. The summed E-state index contributed by atoms with van der Waals surface area (Å²) >= 11 is 0. The Morgan fingerprint density at radius 2 is 1.09 bits per heavy atom. The number of fused-ring (bicyclic) bond motifs is 1. The van der Waals surface area contributed by atoms with E-state index < -0.39 is 0 Å². The van der Waals surface area contributed by atoms with Crippen molar-refractivity contribution in [1.82, 2.24) is 0 Å². The number of aryl methyl sites for hydroxylation is 1. The molecule has 0 aliphatic heterocycles. The Hall–Kier alpha value is -2.28. The van der Waals surface area contributed by atoms with Crippen LogP contribution in [-0.4, -0.2) is 6.61 Å². The Morgan fingerprint density at radius 3 is 1.82 bits per heavy atom. The molecule has 0 aliphatic carbocycles. The zero-order valence-corrected chi connectivity index (χ0v) is 21.1. The molecule has 0 spiro atoms. The molecule has 1 nitrogen and oxygen atoms in total. The number of hydrogen-bond acceptors (Lipinski definition) is 1. The van der Waals surface area contributed by atoms with Gasteiger partial charge in [-0.1, -0.05) is 121 Å². The second-order valence-electron chi connectivity index (χ2n) is 9.55. The van der Waals surface area contributed by atoms with Crippen LogP contribution in [0.1, 0.15) is 96.5 Å². The van der Waals surface area contributed by atoms with Crippen molar-refractivity contribution in [1.29, 1.82) is 0 Å². The van der Waals surface area contributed by atoms with Gasteiger partial charge in [0.2, 0.25) is 0 Å². The van der Waals surface area contributed by atoms with Crippen molar-refractivity contribution in [2.75, 3.05) is 6.61 Å². The lowest BCUT2D eigenvalue weighted by Gasteiger charge is -2.09. The molecule has 0 N–H and O–H groups in total. The number of unbranched alkanes of at least 4 members (excludes halogenated alkanes) is 10. The van der Waals surface area contributed by atoms with Crippen LogP contribution >= 0.6 is 0 Å². The molecule has 33 heavy (non-hydrogen) atoms. The van der Waals surface area contributed by atoms with Gasteiger partial charge in [-0.15, -0.1) is 0 Å². The zero-order valence-electron chi connectivity index (χ0n) is 21.1. The molecule has 0 fully saturated rings. The Balaban J connectivity index is 1.48. The Kier molecular flexibility index (Phi) is 11.4. The van der Waals surface area contributed by atoms with Crippen LogP contribution in [0.15, 0.2) is 60.7 Å². The van der Waals surface area contributed by atoms with Crippen molar-refractivity contribution in [3.8, 4) is 16.9 Å². The molecule has 0 radical (unpaired) electrons. The Bertz CT molecular complexity index is 925. The summed E-state index contributed by atoms with van der Waals surface area (Å²) in [5.74, 6) is 0.989. The number of hydrogen-bond donors (Lipinski definition) is 0. The summed E-state index contributed by atoms with van der Waals surface area (Å²) in [6.07, 6.45) is 17.1. The molecule has 0 heterocycles. The summed E-state index contributed by atoms with van der Waals surface area (Å²) in [6.45, 7) is 5.36.